The number of aromatic nitrogens is 3. The number of nitrogens with one attached hydrogen (secondary N) is 1. The van der Waals surface area contributed by atoms with Crippen LogP contribution < -0.4 is 16.8 Å². The number of nitrogens with zero attached hydrogens (tertiary/aromatic N) is 5. The Bertz CT molecular complexity index is 994. The summed E-state index contributed by atoms with van der Waals surface area (Å²) in [5.41, 5.74) is 15.6. The standard InChI is InChI=1S/C20H28N8O/c1-3-15-13(2)27-28-17(23)16(12-21)18(26-19(15)28)24-9-4-14(22)5-10-25-20(6-7-20)8-11-29/h5,10,29H,3-4,6-9,11,22-23H2,1-2H3,(H,24,26). The normalized spacial score (nSPS) is 15.7. The molecule has 3 rings (SSSR count). The second kappa shape index (κ2) is 8.49. The molecule has 1 fully saturated rings. The lowest BCUT2D eigenvalue weighted by molar-refractivity contribution is 0.272. The molecule has 6 N–H and O–H groups in total. The lowest BCUT2D eigenvalue weighted by Crippen LogP contribution is -2.13. The zero-order chi connectivity index (χ0) is 21.0. The van der Waals surface area contributed by atoms with Crippen LogP contribution in [0.1, 0.15) is 49.4 Å². The lowest BCUT2D eigenvalue weighted by Gasteiger charge is -2.11. The summed E-state index contributed by atoms with van der Waals surface area (Å²) in [6.45, 7) is 4.60. The number of hydrogen-bond donors (Lipinski definition) is 4. The van der Waals surface area contributed by atoms with Crippen molar-refractivity contribution in [1.82, 2.24) is 14.6 Å². The second-order valence-electron chi connectivity index (χ2n) is 7.38. The summed E-state index contributed by atoms with van der Waals surface area (Å²) in [6.07, 6.45) is 7.57. The number of aliphatic hydroxyl groups is 1. The first-order valence-corrected chi connectivity index (χ1v) is 9.87. The van der Waals surface area contributed by atoms with E-state index >= 15 is 0 Å². The molecule has 29 heavy (non-hydrogen) atoms. The van der Waals surface area contributed by atoms with Gasteiger partial charge >= 0.3 is 0 Å². The molecule has 0 aromatic carbocycles. The zero-order valence-corrected chi connectivity index (χ0v) is 16.9. The van der Waals surface area contributed by atoms with E-state index in [1.807, 2.05) is 13.8 Å². The molecule has 1 aliphatic carbocycles. The Kier molecular flexibility index (Phi) is 6.03. The van der Waals surface area contributed by atoms with Crippen LogP contribution in [0.2, 0.25) is 0 Å². The van der Waals surface area contributed by atoms with E-state index in [9.17, 15) is 5.26 Å². The second-order valence-corrected chi connectivity index (χ2v) is 7.38. The van der Waals surface area contributed by atoms with Gasteiger partial charge in [-0.3, -0.25) is 4.99 Å². The van der Waals surface area contributed by atoms with Gasteiger partial charge in [-0.25, -0.2) is 4.98 Å². The topological polar surface area (TPSA) is 151 Å². The van der Waals surface area contributed by atoms with Crippen LogP contribution >= 0.6 is 0 Å². The third-order valence-electron chi connectivity index (χ3n) is 5.31. The van der Waals surface area contributed by atoms with Gasteiger partial charge in [-0.15, -0.1) is 0 Å². The smallest absolute Gasteiger partial charge is 0.163 e. The van der Waals surface area contributed by atoms with Crippen LogP contribution in [0.3, 0.4) is 0 Å². The largest absolute Gasteiger partial charge is 0.402 e. The summed E-state index contributed by atoms with van der Waals surface area (Å²) < 4.78 is 1.53. The number of fused-ring (bicyclic) bond motifs is 1. The van der Waals surface area contributed by atoms with E-state index in [1.54, 1.807) is 12.3 Å². The van der Waals surface area contributed by atoms with Gasteiger partial charge in [0.15, 0.2) is 5.65 Å². The fourth-order valence-electron chi connectivity index (χ4n) is 3.37. The van der Waals surface area contributed by atoms with E-state index in [2.05, 4.69) is 26.5 Å². The summed E-state index contributed by atoms with van der Waals surface area (Å²) in [6, 6.07) is 2.11. The summed E-state index contributed by atoms with van der Waals surface area (Å²) in [5, 5.41) is 26.2. The van der Waals surface area contributed by atoms with Crippen molar-refractivity contribution in [1.29, 1.82) is 5.26 Å². The minimum atomic E-state index is -0.0807. The van der Waals surface area contributed by atoms with Crippen LogP contribution in [0.15, 0.2) is 16.8 Å². The fraction of sp³-hybridized carbons (Fsp3) is 0.500. The molecule has 1 aliphatic rings. The van der Waals surface area contributed by atoms with Gasteiger partial charge < -0.3 is 21.9 Å². The quantitative estimate of drug-likeness (QED) is 0.471. The van der Waals surface area contributed by atoms with Crippen LogP contribution in [0.5, 0.6) is 0 Å². The number of hydrogen-bond acceptors (Lipinski definition) is 8. The van der Waals surface area contributed by atoms with E-state index in [0.29, 0.717) is 36.5 Å². The molecule has 9 heteroatoms. The van der Waals surface area contributed by atoms with E-state index in [4.69, 9.17) is 16.6 Å². The molecule has 0 atom stereocenters. The van der Waals surface area contributed by atoms with Gasteiger partial charge in [-0.05, 0) is 38.7 Å². The molecule has 2 aromatic heterocycles. The van der Waals surface area contributed by atoms with Crippen LogP contribution in [0.4, 0.5) is 11.6 Å². The minimum Gasteiger partial charge on any atom is -0.402 e. The van der Waals surface area contributed by atoms with Crippen molar-refractivity contribution in [3.63, 3.8) is 0 Å². The lowest BCUT2D eigenvalue weighted by atomic mass is 10.2. The number of rotatable bonds is 9. The average molecular weight is 396 g/mol. The van der Waals surface area contributed by atoms with Crippen LogP contribution in [-0.2, 0) is 6.42 Å². The first-order chi connectivity index (χ1) is 13.9. The third-order valence-corrected chi connectivity index (χ3v) is 5.31. The number of aliphatic hydroxyl groups excluding tert-OH is 1. The number of nitrogen functional groups attached to an aromatic ring is 1. The predicted octanol–water partition coefficient (Wildman–Crippen LogP) is 1.68. The highest BCUT2D eigenvalue weighted by atomic mass is 16.3. The predicted molar refractivity (Wildman–Crippen MR) is 114 cm³/mol. The van der Waals surface area contributed by atoms with Gasteiger partial charge in [0, 0.05) is 37.0 Å². The maximum absolute atomic E-state index is 9.52. The molecule has 2 heterocycles. The third kappa shape index (κ3) is 4.32. The molecule has 154 valence electrons. The van der Waals surface area contributed by atoms with Crippen molar-refractivity contribution in [2.24, 2.45) is 10.7 Å². The molecule has 0 spiro atoms. The number of aliphatic imine (C=N–C) groups is 1. The average Bonchev–Trinajstić information content (AvgIpc) is 3.36. The van der Waals surface area contributed by atoms with Gasteiger partial charge in [0.25, 0.3) is 0 Å². The molecule has 0 unspecified atom stereocenters. The highest BCUT2D eigenvalue weighted by molar-refractivity contribution is 5.73. The highest BCUT2D eigenvalue weighted by Crippen LogP contribution is 2.42. The Hall–Kier alpha value is -3.12. The monoisotopic (exact) mass is 396 g/mol. The minimum absolute atomic E-state index is 0.0807. The van der Waals surface area contributed by atoms with Crippen LogP contribution in [0, 0.1) is 18.3 Å². The van der Waals surface area contributed by atoms with Gasteiger partial charge in [-0.2, -0.15) is 14.9 Å². The molecule has 0 aliphatic heterocycles. The Morgan fingerprint density at radius 2 is 2.24 bits per heavy atom. The number of nitrogens with two attached hydrogens (primary N) is 2. The number of nitriles is 1. The number of anilines is 2. The molecule has 9 nitrogen and oxygen atoms in total. The van der Waals surface area contributed by atoms with E-state index in [1.165, 1.54) is 4.52 Å². The Labute approximate surface area is 170 Å². The van der Waals surface area contributed by atoms with Crippen molar-refractivity contribution >= 4 is 23.5 Å². The van der Waals surface area contributed by atoms with Gasteiger partial charge in [-0.1, -0.05) is 6.92 Å². The SMILES string of the molecule is CCc1c(C)nn2c(N)c(C#N)c(NCCC(N)=CC=NC3(CCO)CC3)nc12. The Balaban J connectivity index is 1.69. The fourth-order valence-corrected chi connectivity index (χ4v) is 3.37. The van der Waals surface area contributed by atoms with Crippen LogP contribution in [0.25, 0.3) is 5.65 Å². The molecular weight excluding hydrogens is 368 g/mol. The molecule has 1 saturated carbocycles. The van der Waals surface area contributed by atoms with Gasteiger partial charge in [0.05, 0.1) is 11.2 Å². The number of allylic oxidation sites excluding steroid dienone is 1. The van der Waals surface area contributed by atoms with Crippen molar-refractivity contribution < 1.29 is 5.11 Å². The Morgan fingerprint density at radius 1 is 1.48 bits per heavy atom. The zero-order valence-electron chi connectivity index (χ0n) is 16.9. The maximum Gasteiger partial charge on any atom is 0.163 e. The van der Waals surface area contributed by atoms with E-state index in [0.717, 1.165) is 30.5 Å². The molecule has 0 bridgehead atoms. The summed E-state index contributed by atoms with van der Waals surface area (Å²) in [7, 11) is 0. The van der Waals surface area contributed by atoms with Crippen molar-refractivity contribution in [2.75, 3.05) is 24.2 Å². The first kappa shape index (κ1) is 20.6. The summed E-state index contributed by atoms with van der Waals surface area (Å²) in [5.74, 6) is 0.713. The summed E-state index contributed by atoms with van der Waals surface area (Å²) >= 11 is 0. The maximum atomic E-state index is 9.52. The molecule has 0 saturated heterocycles. The molecule has 0 amide bonds. The van der Waals surface area contributed by atoms with E-state index in [-0.39, 0.29) is 23.5 Å². The highest BCUT2D eigenvalue weighted by Gasteiger charge is 2.41. The molecular formula is C20H28N8O. The van der Waals surface area contributed by atoms with E-state index < -0.39 is 0 Å². The van der Waals surface area contributed by atoms with Gasteiger partial charge in [0.2, 0.25) is 0 Å². The van der Waals surface area contributed by atoms with Crippen molar-refractivity contribution in [2.45, 2.75) is 51.5 Å². The number of aryl methyl sites for hydroxylation is 2. The molecule has 0 radical (unpaired) electrons. The Morgan fingerprint density at radius 3 is 2.86 bits per heavy atom. The van der Waals surface area contributed by atoms with Crippen molar-refractivity contribution in [3.05, 3.63) is 28.6 Å². The molecule has 2 aromatic rings. The summed E-state index contributed by atoms with van der Waals surface area (Å²) in [4.78, 5) is 9.11. The van der Waals surface area contributed by atoms with Crippen molar-refractivity contribution in [3.8, 4) is 6.07 Å². The van der Waals surface area contributed by atoms with Gasteiger partial charge in [0.1, 0.15) is 23.3 Å². The first-order valence-electron chi connectivity index (χ1n) is 9.87. The van der Waals surface area contributed by atoms with Crippen LogP contribution in [-0.4, -0.2) is 44.6 Å².